The summed E-state index contributed by atoms with van der Waals surface area (Å²) >= 11 is 5.98. The van der Waals surface area contributed by atoms with Gasteiger partial charge in [-0.15, -0.1) is 12.2 Å². The number of benzene rings is 1. The SMILES string of the molecule is Clc1ccc2c([N-]CC[N-]C[C]3[CH][CH][CH][CH]3)ccnc2c1.[CH]1[CH][CH][CH][CH]1.[Fe+2]. The summed E-state index contributed by atoms with van der Waals surface area (Å²) in [6.45, 7) is 2.17. The molecule has 10 radical (unpaired) electrons. The van der Waals surface area contributed by atoms with E-state index in [0.29, 0.717) is 11.6 Å². The van der Waals surface area contributed by atoms with E-state index in [4.69, 9.17) is 11.6 Å². The molecule has 2 fully saturated rings. The van der Waals surface area contributed by atoms with Crippen LogP contribution in [-0.4, -0.2) is 24.6 Å². The molecule has 0 bridgehead atoms. The molecule has 0 N–H and O–H groups in total. The average molecular weight is 418 g/mol. The van der Waals surface area contributed by atoms with Gasteiger partial charge in [0.25, 0.3) is 0 Å². The van der Waals surface area contributed by atoms with Crippen LogP contribution < -0.4 is 0 Å². The van der Waals surface area contributed by atoms with Crippen molar-refractivity contribution in [1.82, 2.24) is 4.98 Å². The fourth-order valence-electron chi connectivity index (χ4n) is 2.53. The Labute approximate surface area is 179 Å². The van der Waals surface area contributed by atoms with E-state index in [0.717, 1.165) is 29.7 Å². The van der Waals surface area contributed by atoms with Gasteiger partial charge in [0.05, 0.1) is 5.52 Å². The second-order valence-corrected chi connectivity index (χ2v) is 6.17. The Morgan fingerprint density at radius 3 is 2.26 bits per heavy atom. The molecular weight excluding hydrogens is 398 g/mol. The van der Waals surface area contributed by atoms with Gasteiger partial charge in [-0.2, -0.15) is 13.1 Å². The zero-order valence-corrected chi connectivity index (χ0v) is 16.6. The fourth-order valence-corrected chi connectivity index (χ4v) is 2.70. The molecule has 27 heavy (non-hydrogen) atoms. The van der Waals surface area contributed by atoms with Gasteiger partial charge in [0.1, 0.15) is 0 Å². The van der Waals surface area contributed by atoms with E-state index in [1.54, 1.807) is 6.20 Å². The third-order valence-electron chi connectivity index (χ3n) is 3.80. The quantitative estimate of drug-likeness (QED) is 0.439. The Kier molecular flexibility index (Phi) is 10.5. The molecule has 0 atom stereocenters. The maximum absolute atomic E-state index is 5.98. The minimum Gasteiger partial charge on any atom is -0.685 e. The Balaban J connectivity index is 0.000000379. The van der Waals surface area contributed by atoms with Gasteiger partial charge < -0.3 is 10.6 Å². The first-order valence-electron chi connectivity index (χ1n) is 8.55. The standard InChI is InChI=1S/C17H15ClN3.C5H5.Fe/c18-14-5-6-15-16(7-8-20-17(15)11-14)21-10-9-19-12-13-3-1-2-4-13;1-2-4-5-3-1;/h1-8,11H,9-10,12H2;1-5H;/q-2;;+2. The largest absolute Gasteiger partial charge is 2.00 e. The number of hydrogen-bond acceptors (Lipinski definition) is 1. The van der Waals surface area contributed by atoms with Crippen LogP contribution in [0.15, 0.2) is 30.5 Å². The maximum Gasteiger partial charge on any atom is 2.00 e. The van der Waals surface area contributed by atoms with Crippen LogP contribution in [0.1, 0.15) is 0 Å². The summed E-state index contributed by atoms with van der Waals surface area (Å²) in [4.78, 5) is 4.31. The van der Waals surface area contributed by atoms with Crippen molar-refractivity contribution < 1.29 is 17.1 Å². The molecule has 0 unspecified atom stereocenters. The molecule has 0 saturated heterocycles. The van der Waals surface area contributed by atoms with Crippen molar-refractivity contribution in [3.05, 3.63) is 110 Å². The summed E-state index contributed by atoms with van der Waals surface area (Å²) in [6.07, 6.45) is 20.0. The number of halogens is 1. The van der Waals surface area contributed by atoms with Crippen LogP contribution in [0.3, 0.4) is 0 Å². The van der Waals surface area contributed by atoms with Gasteiger partial charge in [0.15, 0.2) is 0 Å². The normalized spacial score (nSPS) is 16.6. The molecule has 2 aromatic rings. The van der Waals surface area contributed by atoms with Crippen molar-refractivity contribution in [1.29, 1.82) is 0 Å². The van der Waals surface area contributed by atoms with Gasteiger partial charge in [-0.25, -0.2) is 0 Å². The van der Waals surface area contributed by atoms with Crippen molar-refractivity contribution in [3.63, 3.8) is 0 Å². The predicted molar refractivity (Wildman–Crippen MR) is 110 cm³/mol. The van der Waals surface area contributed by atoms with Gasteiger partial charge in [-0.1, -0.05) is 23.7 Å². The molecule has 2 saturated carbocycles. The molecule has 138 valence electrons. The number of pyridine rings is 1. The molecular formula is C22H20ClFeN3. The minimum atomic E-state index is 0. The van der Waals surface area contributed by atoms with Crippen molar-refractivity contribution in [2.45, 2.75) is 0 Å². The van der Waals surface area contributed by atoms with E-state index >= 15 is 0 Å². The zero-order valence-electron chi connectivity index (χ0n) is 14.8. The van der Waals surface area contributed by atoms with Gasteiger partial charge in [-0.3, -0.25) is 4.98 Å². The molecule has 0 aliphatic heterocycles. The Hall–Kier alpha value is -0.801. The molecule has 5 heteroatoms. The number of fused-ring (bicyclic) bond motifs is 1. The van der Waals surface area contributed by atoms with Gasteiger partial charge in [0.2, 0.25) is 0 Å². The third kappa shape index (κ3) is 7.62. The van der Waals surface area contributed by atoms with E-state index < -0.39 is 0 Å². The molecule has 1 aromatic carbocycles. The summed E-state index contributed by atoms with van der Waals surface area (Å²) < 4.78 is 0. The van der Waals surface area contributed by atoms with Gasteiger partial charge >= 0.3 is 17.1 Å². The average Bonchev–Trinajstić information content (AvgIpc) is 3.38. The summed E-state index contributed by atoms with van der Waals surface area (Å²) in [6, 6.07) is 7.61. The Bertz CT molecular complexity index is 662. The second kappa shape index (κ2) is 12.6. The van der Waals surface area contributed by atoms with Crippen molar-refractivity contribution in [2.24, 2.45) is 0 Å². The Morgan fingerprint density at radius 1 is 0.852 bits per heavy atom. The van der Waals surface area contributed by atoms with Crippen molar-refractivity contribution in [2.75, 3.05) is 19.6 Å². The summed E-state index contributed by atoms with van der Waals surface area (Å²) in [7, 11) is 0. The molecule has 1 heterocycles. The molecule has 3 nitrogen and oxygen atoms in total. The van der Waals surface area contributed by atoms with E-state index in [2.05, 4.69) is 28.5 Å². The number of hydrogen-bond donors (Lipinski definition) is 0. The van der Waals surface area contributed by atoms with Crippen LogP contribution in [0.4, 0.5) is 5.69 Å². The van der Waals surface area contributed by atoms with Crippen LogP contribution in [0.2, 0.25) is 5.02 Å². The molecule has 0 spiro atoms. The predicted octanol–water partition coefficient (Wildman–Crippen LogP) is 5.69. The number of nitrogens with zero attached hydrogens (tertiary/aromatic N) is 3. The number of aromatic nitrogens is 1. The fraction of sp³-hybridized carbons (Fsp3) is 0.136. The topological polar surface area (TPSA) is 41.1 Å². The van der Waals surface area contributed by atoms with Crippen LogP contribution >= 0.6 is 11.6 Å². The first-order valence-corrected chi connectivity index (χ1v) is 8.93. The van der Waals surface area contributed by atoms with E-state index in [9.17, 15) is 0 Å². The van der Waals surface area contributed by atoms with E-state index in [1.165, 1.54) is 5.92 Å². The number of rotatable bonds is 6. The summed E-state index contributed by atoms with van der Waals surface area (Å²) in [5.41, 5.74) is 1.82. The Morgan fingerprint density at radius 2 is 1.56 bits per heavy atom. The molecule has 4 rings (SSSR count). The van der Waals surface area contributed by atoms with Crippen molar-refractivity contribution in [3.8, 4) is 0 Å². The first kappa shape index (κ1) is 22.5. The van der Waals surface area contributed by atoms with Gasteiger partial charge in [0, 0.05) is 11.2 Å². The minimum absolute atomic E-state index is 0. The third-order valence-corrected chi connectivity index (χ3v) is 4.04. The van der Waals surface area contributed by atoms with Crippen LogP contribution in [-0.2, 0) is 17.1 Å². The maximum atomic E-state index is 5.98. The second-order valence-electron chi connectivity index (χ2n) is 5.73. The zero-order chi connectivity index (χ0) is 18.0. The summed E-state index contributed by atoms with van der Waals surface area (Å²) in [5, 5.41) is 10.8. The van der Waals surface area contributed by atoms with E-state index in [1.807, 2.05) is 69.2 Å². The van der Waals surface area contributed by atoms with Crippen LogP contribution in [0.5, 0.6) is 0 Å². The molecule has 2 aliphatic rings. The van der Waals surface area contributed by atoms with Crippen LogP contribution in [0.25, 0.3) is 21.5 Å². The monoisotopic (exact) mass is 417 g/mol. The van der Waals surface area contributed by atoms with E-state index in [-0.39, 0.29) is 17.1 Å². The first-order chi connectivity index (χ1) is 12.8. The molecule has 0 amide bonds. The molecule has 2 aliphatic carbocycles. The van der Waals surface area contributed by atoms with Crippen molar-refractivity contribution >= 4 is 28.2 Å². The summed E-state index contributed by atoms with van der Waals surface area (Å²) in [5.74, 6) is 1.25. The molecule has 1 aromatic heterocycles. The van der Waals surface area contributed by atoms with Crippen LogP contribution in [0, 0.1) is 63.7 Å². The van der Waals surface area contributed by atoms with Gasteiger partial charge in [-0.05, 0) is 81.2 Å². The smallest absolute Gasteiger partial charge is 0.685 e.